The third-order valence-corrected chi connectivity index (χ3v) is 6.40. The van der Waals surface area contributed by atoms with Crippen molar-refractivity contribution >= 4 is 35.1 Å². The smallest absolute Gasteiger partial charge is 0.277 e. The van der Waals surface area contributed by atoms with Crippen molar-refractivity contribution < 1.29 is 18.7 Å². The molecule has 148 valence electrons. The van der Waals surface area contributed by atoms with Crippen LogP contribution in [0.25, 0.3) is 0 Å². The van der Waals surface area contributed by atoms with Gasteiger partial charge >= 0.3 is 0 Å². The summed E-state index contributed by atoms with van der Waals surface area (Å²) in [6.07, 6.45) is -0.464. The van der Waals surface area contributed by atoms with Gasteiger partial charge in [0, 0.05) is 17.2 Å². The molecule has 0 radical (unpaired) electrons. The number of anilines is 1. The molecule has 0 saturated heterocycles. The minimum Gasteiger partial charge on any atom is -0.485 e. The Labute approximate surface area is 175 Å². The first-order chi connectivity index (χ1) is 14.3. The number of hydrogen-bond donors (Lipinski definition) is 0. The molecular formula is C20H17N3O4S2. The third kappa shape index (κ3) is 3.79. The Morgan fingerprint density at radius 2 is 1.97 bits per heavy atom. The number of benzene rings is 2. The Kier molecular flexibility index (Phi) is 5.07. The molecule has 0 spiro atoms. The standard InChI is InChI=1S/C20H17N3O4S2/c24-18(23-9-10-28-17-8-4-1-5-13(17)23)12-29-20-22-21-19(27-20)16-11-25-14-6-2-3-7-15(14)26-16/h1-8,16H,9-12H2. The number of thioether (sulfide) groups is 2. The highest BCUT2D eigenvalue weighted by atomic mass is 32.2. The minimum atomic E-state index is -0.464. The molecule has 1 unspecified atom stereocenters. The summed E-state index contributed by atoms with van der Waals surface area (Å²) in [7, 11) is 0. The fourth-order valence-electron chi connectivity index (χ4n) is 3.18. The van der Waals surface area contributed by atoms with Gasteiger partial charge in [0.25, 0.3) is 11.1 Å². The summed E-state index contributed by atoms with van der Waals surface area (Å²) in [5, 5.41) is 8.46. The molecule has 1 aromatic heterocycles. The highest BCUT2D eigenvalue weighted by Gasteiger charge is 2.28. The topological polar surface area (TPSA) is 77.7 Å². The summed E-state index contributed by atoms with van der Waals surface area (Å²) in [6.45, 7) is 0.993. The van der Waals surface area contributed by atoms with Crippen molar-refractivity contribution in [2.24, 2.45) is 0 Å². The number of rotatable bonds is 4. The second kappa shape index (κ2) is 8.00. The van der Waals surface area contributed by atoms with Gasteiger partial charge in [-0.1, -0.05) is 36.0 Å². The highest BCUT2D eigenvalue weighted by Crippen LogP contribution is 2.37. The molecule has 2 aliphatic heterocycles. The van der Waals surface area contributed by atoms with Gasteiger partial charge in [0.15, 0.2) is 11.5 Å². The lowest BCUT2D eigenvalue weighted by molar-refractivity contribution is -0.116. The van der Waals surface area contributed by atoms with Crippen molar-refractivity contribution in [2.75, 3.05) is 29.6 Å². The van der Waals surface area contributed by atoms with E-state index < -0.39 is 6.10 Å². The van der Waals surface area contributed by atoms with E-state index in [9.17, 15) is 4.79 Å². The van der Waals surface area contributed by atoms with E-state index in [0.29, 0.717) is 35.8 Å². The Balaban J connectivity index is 1.22. The van der Waals surface area contributed by atoms with Crippen LogP contribution in [0.5, 0.6) is 11.5 Å². The molecule has 5 rings (SSSR count). The van der Waals surface area contributed by atoms with Gasteiger partial charge in [0.1, 0.15) is 6.61 Å². The second-order valence-electron chi connectivity index (χ2n) is 6.42. The van der Waals surface area contributed by atoms with Gasteiger partial charge in [-0.2, -0.15) is 0 Å². The molecule has 1 amide bonds. The van der Waals surface area contributed by atoms with Gasteiger partial charge in [-0.3, -0.25) is 4.79 Å². The first kappa shape index (κ1) is 18.4. The molecule has 0 fully saturated rings. The van der Waals surface area contributed by atoms with Crippen LogP contribution in [0.3, 0.4) is 0 Å². The molecule has 0 N–H and O–H groups in total. The van der Waals surface area contributed by atoms with Crippen molar-refractivity contribution in [3.63, 3.8) is 0 Å². The number of hydrogen-bond acceptors (Lipinski definition) is 8. The molecule has 2 aliphatic rings. The molecule has 29 heavy (non-hydrogen) atoms. The number of aromatic nitrogens is 2. The Bertz CT molecular complexity index is 1040. The molecule has 3 aromatic rings. The van der Waals surface area contributed by atoms with Crippen molar-refractivity contribution in [2.45, 2.75) is 16.2 Å². The number of carbonyl (C=O) groups excluding carboxylic acids is 1. The number of para-hydroxylation sites is 3. The SMILES string of the molecule is O=C(CSc1nnc(C2COc3ccccc3O2)o1)N1CCSc2ccccc21. The summed E-state index contributed by atoms with van der Waals surface area (Å²) in [5.41, 5.74) is 0.965. The second-order valence-corrected chi connectivity index (χ2v) is 8.48. The van der Waals surface area contributed by atoms with E-state index in [0.717, 1.165) is 16.3 Å². The average Bonchev–Trinajstić information content (AvgIpc) is 3.26. The number of carbonyl (C=O) groups is 1. The molecule has 0 aliphatic carbocycles. The van der Waals surface area contributed by atoms with Crippen molar-refractivity contribution in [3.05, 3.63) is 54.4 Å². The summed E-state index contributed by atoms with van der Waals surface area (Å²) in [5.74, 6) is 2.82. The predicted molar refractivity (Wildman–Crippen MR) is 110 cm³/mol. The van der Waals surface area contributed by atoms with Crippen molar-refractivity contribution in [1.82, 2.24) is 10.2 Å². The minimum absolute atomic E-state index is 0.0219. The first-order valence-corrected chi connectivity index (χ1v) is 11.1. The van der Waals surface area contributed by atoms with Crippen LogP contribution >= 0.6 is 23.5 Å². The predicted octanol–water partition coefficient (Wildman–Crippen LogP) is 3.81. The summed E-state index contributed by atoms with van der Waals surface area (Å²) >= 11 is 3.00. The van der Waals surface area contributed by atoms with Gasteiger partial charge < -0.3 is 18.8 Å². The van der Waals surface area contributed by atoms with Crippen LogP contribution in [0.1, 0.15) is 12.0 Å². The quantitative estimate of drug-likeness (QED) is 0.582. The van der Waals surface area contributed by atoms with E-state index in [1.165, 1.54) is 11.8 Å². The van der Waals surface area contributed by atoms with Crippen LogP contribution in [-0.4, -0.2) is 40.8 Å². The third-order valence-electron chi connectivity index (χ3n) is 4.55. The largest absolute Gasteiger partial charge is 0.485 e. The van der Waals surface area contributed by atoms with Crippen LogP contribution in [0.4, 0.5) is 5.69 Å². The van der Waals surface area contributed by atoms with Gasteiger partial charge in [-0.25, -0.2) is 0 Å². The number of fused-ring (bicyclic) bond motifs is 2. The van der Waals surface area contributed by atoms with Crippen LogP contribution in [0.2, 0.25) is 0 Å². The van der Waals surface area contributed by atoms with Crippen LogP contribution in [-0.2, 0) is 4.79 Å². The zero-order chi connectivity index (χ0) is 19.6. The number of amides is 1. The van der Waals surface area contributed by atoms with E-state index in [2.05, 4.69) is 10.2 Å². The lowest BCUT2D eigenvalue weighted by Gasteiger charge is -2.28. The zero-order valence-corrected chi connectivity index (χ0v) is 16.9. The summed E-state index contributed by atoms with van der Waals surface area (Å²) < 4.78 is 17.3. The Hall–Kier alpha value is -2.65. The number of nitrogens with zero attached hydrogens (tertiary/aromatic N) is 3. The fourth-order valence-corrected chi connectivity index (χ4v) is 4.82. The molecule has 0 saturated carbocycles. The molecular weight excluding hydrogens is 410 g/mol. The van der Waals surface area contributed by atoms with Crippen molar-refractivity contribution in [1.29, 1.82) is 0 Å². The molecule has 2 aromatic carbocycles. The maximum Gasteiger partial charge on any atom is 0.277 e. The normalized spacial score (nSPS) is 17.7. The summed E-state index contributed by atoms with van der Waals surface area (Å²) in [4.78, 5) is 15.7. The highest BCUT2D eigenvalue weighted by molar-refractivity contribution is 8.00. The number of ether oxygens (including phenoxy) is 2. The molecule has 1 atom stereocenters. The Morgan fingerprint density at radius 1 is 1.14 bits per heavy atom. The molecule has 3 heterocycles. The van der Waals surface area contributed by atoms with E-state index in [4.69, 9.17) is 13.9 Å². The molecule has 0 bridgehead atoms. The van der Waals surface area contributed by atoms with Gasteiger partial charge in [-0.15, -0.1) is 22.0 Å². The zero-order valence-electron chi connectivity index (χ0n) is 15.3. The molecule has 9 heteroatoms. The van der Waals surface area contributed by atoms with Crippen molar-refractivity contribution in [3.8, 4) is 11.5 Å². The fraction of sp³-hybridized carbons (Fsp3) is 0.250. The average molecular weight is 428 g/mol. The maximum absolute atomic E-state index is 12.7. The monoisotopic (exact) mass is 427 g/mol. The molecule has 7 nitrogen and oxygen atoms in total. The van der Waals surface area contributed by atoms with Gasteiger partial charge in [0.05, 0.1) is 11.4 Å². The van der Waals surface area contributed by atoms with Gasteiger partial charge in [-0.05, 0) is 24.3 Å². The van der Waals surface area contributed by atoms with Gasteiger partial charge in [0.2, 0.25) is 12.0 Å². The van der Waals surface area contributed by atoms with Crippen LogP contribution < -0.4 is 14.4 Å². The van der Waals surface area contributed by atoms with E-state index in [-0.39, 0.29) is 11.7 Å². The summed E-state index contributed by atoms with van der Waals surface area (Å²) in [6, 6.07) is 15.4. The maximum atomic E-state index is 12.7. The van der Waals surface area contributed by atoms with E-state index in [1.807, 2.05) is 53.4 Å². The van der Waals surface area contributed by atoms with Crippen LogP contribution in [0, 0.1) is 0 Å². The Morgan fingerprint density at radius 3 is 2.90 bits per heavy atom. The van der Waals surface area contributed by atoms with E-state index >= 15 is 0 Å². The van der Waals surface area contributed by atoms with Crippen LogP contribution in [0.15, 0.2) is 63.1 Å². The van der Waals surface area contributed by atoms with E-state index in [1.54, 1.807) is 11.8 Å². The lowest BCUT2D eigenvalue weighted by atomic mass is 10.2. The lowest BCUT2D eigenvalue weighted by Crippen LogP contribution is -2.36. The first-order valence-electron chi connectivity index (χ1n) is 9.15.